The summed E-state index contributed by atoms with van der Waals surface area (Å²) in [6, 6.07) is 1.60. The molecule has 2 aromatic heterocycles. The molecule has 28 heavy (non-hydrogen) atoms. The number of carbonyl (C=O) groups is 2. The standard InChI is InChI=1S/C19H24N6O3/c1-11(2)17(27)25-9-14-6-15(23-16(26)13-4-5-20-21-8-13)7-19(14,10-25)18-22-12(3)24-28-18/h4-5,8,11,14-15H,6-7,9-10H2,1-3H3,(H,23,26)/t14-,15+,19-/m0/s1. The molecule has 3 atom stereocenters. The SMILES string of the molecule is Cc1noc([C@]23C[C@H](NC(=O)c4ccnnc4)C[C@H]2CN(C(=O)C(C)C)C3)n1. The Morgan fingerprint density at radius 3 is 2.82 bits per heavy atom. The summed E-state index contributed by atoms with van der Waals surface area (Å²) in [6.07, 6.45) is 4.36. The van der Waals surface area contributed by atoms with Gasteiger partial charge in [-0.15, -0.1) is 0 Å². The second kappa shape index (κ2) is 6.96. The average molecular weight is 384 g/mol. The van der Waals surface area contributed by atoms with Crippen LogP contribution in [0.2, 0.25) is 0 Å². The fourth-order valence-electron chi connectivity index (χ4n) is 4.54. The Kier molecular flexibility index (Phi) is 4.60. The molecular weight excluding hydrogens is 360 g/mol. The summed E-state index contributed by atoms with van der Waals surface area (Å²) < 4.78 is 5.55. The third-order valence-corrected chi connectivity index (χ3v) is 5.82. The number of hydrogen-bond donors (Lipinski definition) is 1. The van der Waals surface area contributed by atoms with Crippen LogP contribution < -0.4 is 5.32 Å². The molecule has 1 N–H and O–H groups in total. The van der Waals surface area contributed by atoms with Crippen LogP contribution in [0, 0.1) is 18.8 Å². The first-order chi connectivity index (χ1) is 13.4. The zero-order chi connectivity index (χ0) is 19.9. The summed E-state index contributed by atoms with van der Waals surface area (Å²) in [7, 11) is 0. The second-order valence-corrected chi connectivity index (χ2v) is 8.11. The molecule has 2 amide bonds. The van der Waals surface area contributed by atoms with Gasteiger partial charge in [-0.25, -0.2) is 0 Å². The van der Waals surface area contributed by atoms with Gasteiger partial charge in [0.25, 0.3) is 5.91 Å². The van der Waals surface area contributed by atoms with Crippen LogP contribution in [0.15, 0.2) is 23.0 Å². The molecule has 1 saturated heterocycles. The van der Waals surface area contributed by atoms with Gasteiger partial charge in [-0.3, -0.25) is 9.59 Å². The Balaban J connectivity index is 1.56. The Hall–Kier alpha value is -2.84. The number of nitrogens with one attached hydrogen (secondary N) is 1. The number of hydrogen-bond acceptors (Lipinski definition) is 7. The molecule has 0 aromatic carbocycles. The number of fused-ring (bicyclic) bond motifs is 1. The third kappa shape index (κ3) is 3.14. The fraction of sp³-hybridized carbons (Fsp3) is 0.579. The molecule has 0 radical (unpaired) electrons. The van der Waals surface area contributed by atoms with Crippen LogP contribution in [0.5, 0.6) is 0 Å². The van der Waals surface area contributed by atoms with Crippen molar-refractivity contribution in [1.82, 2.24) is 30.6 Å². The molecule has 4 rings (SSSR count). The Morgan fingerprint density at radius 1 is 1.36 bits per heavy atom. The molecule has 1 aliphatic heterocycles. The van der Waals surface area contributed by atoms with Crippen molar-refractivity contribution in [3.05, 3.63) is 35.7 Å². The largest absolute Gasteiger partial charge is 0.349 e. The van der Waals surface area contributed by atoms with Crippen molar-refractivity contribution in [2.24, 2.45) is 11.8 Å². The number of aromatic nitrogens is 4. The molecule has 2 fully saturated rings. The van der Waals surface area contributed by atoms with Gasteiger partial charge >= 0.3 is 0 Å². The van der Waals surface area contributed by atoms with Crippen LogP contribution in [-0.2, 0) is 10.2 Å². The lowest BCUT2D eigenvalue weighted by molar-refractivity contribution is -0.133. The highest BCUT2D eigenvalue weighted by molar-refractivity contribution is 5.94. The van der Waals surface area contributed by atoms with Crippen LogP contribution >= 0.6 is 0 Å². The second-order valence-electron chi connectivity index (χ2n) is 8.11. The average Bonchev–Trinajstić information content (AvgIpc) is 3.34. The zero-order valence-corrected chi connectivity index (χ0v) is 16.3. The van der Waals surface area contributed by atoms with Gasteiger partial charge in [-0.1, -0.05) is 19.0 Å². The van der Waals surface area contributed by atoms with Gasteiger partial charge in [0.05, 0.1) is 23.4 Å². The maximum atomic E-state index is 12.6. The lowest BCUT2D eigenvalue weighted by Crippen LogP contribution is -2.40. The smallest absolute Gasteiger partial charge is 0.253 e. The van der Waals surface area contributed by atoms with E-state index >= 15 is 0 Å². The van der Waals surface area contributed by atoms with Crippen LogP contribution in [0.25, 0.3) is 0 Å². The van der Waals surface area contributed by atoms with Gasteiger partial charge in [0, 0.05) is 25.0 Å². The summed E-state index contributed by atoms with van der Waals surface area (Å²) in [5.41, 5.74) is 0.0617. The van der Waals surface area contributed by atoms with E-state index in [1.54, 1.807) is 13.0 Å². The summed E-state index contributed by atoms with van der Waals surface area (Å²) in [5.74, 6) is 1.20. The predicted octanol–water partition coefficient (Wildman–Crippen LogP) is 1.11. The topological polar surface area (TPSA) is 114 Å². The van der Waals surface area contributed by atoms with Gasteiger partial charge < -0.3 is 14.7 Å². The molecule has 9 nitrogen and oxygen atoms in total. The molecule has 1 saturated carbocycles. The van der Waals surface area contributed by atoms with Crippen LogP contribution in [0.4, 0.5) is 0 Å². The van der Waals surface area contributed by atoms with Crippen molar-refractivity contribution in [1.29, 1.82) is 0 Å². The lowest BCUT2D eigenvalue weighted by Gasteiger charge is -2.26. The van der Waals surface area contributed by atoms with E-state index in [0.717, 1.165) is 6.42 Å². The molecule has 0 spiro atoms. The van der Waals surface area contributed by atoms with Crippen LogP contribution in [0.3, 0.4) is 0 Å². The highest BCUT2D eigenvalue weighted by Gasteiger charge is 2.58. The van der Waals surface area contributed by atoms with Crippen molar-refractivity contribution in [3.63, 3.8) is 0 Å². The van der Waals surface area contributed by atoms with E-state index in [0.29, 0.717) is 36.8 Å². The molecule has 0 unspecified atom stereocenters. The Bertz CT molecular complexity index is 883. The van der Waals surface area contributed by atoms with Gasteiger partial charge in [0.15, 0.2) is 5.82 Å². The number of nitrogens with zero attached hydrogens (tertiary/aromatic N) is 5. The van der Waals surface area contributed by atoms with Crippen molar-refractivity contribution < 1.29 is 14.1 Å². The monoisotopic (exact) mass is 384 g/mol. The van der Waals surface area contributed by atoms with E-state index in [4.69, 9.17) is 4.52 Å². The van der Waals surface area contributed by atoms with Crippen LogP contribution in [-0.4, -0.2) is 56.2 Å². The maximum Gasteiger partial charge on any atom is 0.253 e. The van der Waals surface area contributed by atoms with E-state index in [1.165, 1.54) is 12.4 Å². The van der Waals surface area contributed by atoms with Crippen molar-refractivity contribution in [2.75, 3.05) is 13.1 Å². The zero-order valence-electron chi connectivity index (χ0n) is 16.3. The first-order valence-corrected chi connectivity index (χ1v) is 9.56. The number of rotatable bonds is 4. The highest BCUT2D eigenvalue weighted by atomic mass is 16.5. The van der Waals surface area contributed by atoms with E-state index in [1.807, 2.05) is 18.7 Å². The van der Waals surface area contributed by atoms with Gasteiger partial charge in [-0.2, -0.15) is 15.2 Å². The quantitative estimate of drug-likeness (QED) is 0.840. The summed E-state index contributed by atoms with van der Waals surface area (Å²) in [5, 5.41) is 14.5. The summed E-state index contributed by atoms with van der Waals surface area (Å²) in [6.45, 7) is 6.79. The Morgan fingerprint density at radius 2 is 2.18 bits per heavy atom. The summed E-state index contributed by atoms with van der Waals surface area (Å²) >= 11 is 0. The van der Waals surface area contributed by atoms with Crippen molar-refractivity contribution in [3.8, 4) is 0 Å². The first-order valence-electron chi connectivity index (χ1n) is 9.56. The molecule has 3 heterocycles. The van der Waals surface area contributed by atoms with Crippen molar-refractivity contribution in [2.45, 2.75) is 45.1 Å². The molecule has 0 bridgehead atoms. The molecule has 148 valence electrons. The van der Waals surface area contributed by atoms with E-state index in [-0.39, 0.29) is 29.7 Å². The maximum absolute atomic E-state index is 12.6. The van der Waals surface area contributed by atoms with Gasteiger partial charge in [0.1, 0.15) is 0 Å². The number of carbonyl (C=O) groups excluding carboxylic acids is 2. The third-order valence-electron chi connectivity index (χ3n) is 5.82. The molecule has 9 heteroatoms. The molecular formula is C19H24N6O3. The van der Waals surface area contributed by atoms with E-state index in [2.05, 4.69) is 25.7 Å². The first kappa shape index (κ1) is 18.5. The molecule has 1 aliphatic carbocycles. The van der Waals surface area contributed by atoms with E-state index in [9.17, 15) is 9.59 Å². The van der Waals surface area contributed by atoms with Gasteiger partial charge in [0.2, 0.25) is 11.8 Å². The highest BCUT2D eigenvalue weighted by Crippen LogP contribution is 2.50. The summed E-state index contributed by atoms with van der Waals surface area (Å²) in [4.78, 5) is 31.5. The number of aryl methyl sites for hydroxylation is 1. The van der Waals surface area contributed by atoms with Crippen molar-refractivity contribution >= 4 is 11.8 Å². The lowest BCUT2D eigenvalue weighted by atomic mass is 9.80. The van der Waals surface area contributed by atoms with E-state index < -0.39 is 5.41 Å². The minimum Gasteiger partial charge on any atom is -0.349 e. The molecule has 2 aromatic rings. The minimum atomic E-state index is -0.416. The number of likely N-dealkylation sites (tertiary alicyclic amines) is 1. The Labute approximate surface area is 162 Å². The van der Waals surface area contributed by atoms with Gasteiger partial charge in [-0.05, 0) is 31.7 Å². The minimum absolute atomic E-state index is 0.0332. The number of amides is 2. The predicted molar refractivity (Wildman–Crippen MR) is 98.1 cm³/mol. The van der Waals surface area contributed by atoms with Crippen LogP contribution in [0.1, 0.15) is 48.8 Å². The normalized spacial score (nSPS) is 26.5. The molecule has 2 aliphatic rings. The fourth-order valence-corrected chi connectivity index (χ4v) is 4.54.